The highest BCUT2D eigenvalue weighted by Crippen LogP contribution is 2.15. The highest BCUT2D eigenvalue weighted by Gasteiger charge is 2.17. The predicted molar refractivity (Wildman–Crippen MR) is 65.3 cm³/mol. The number of nitrogens with zero attached hydrogens (tertiary/aromatic N) is 1. The summed E-state index contributed by atoms with van der Waals surface area (Å²) >= 11 is 0. The van der Waals surface area contributed by atoms with E-state index in [0.29, 0.717) is 11.4 Å². The van der Waals surface area contributed by atoms with Crippen molar-refractivity contribution in [1.29, 1.82) is 0 Å². The molecule has 0 atom stereocenters. The zero-order valence-electron chi connectivity index (χ0n) is 9.89. The molecule has 0 unspecified atom stereocenters. The minimum absolute atomic E-state index is 0.0379. The van der Waals surface area contributed by atoms with Crippen LogP contribution in [-0.2, 0) is 6.54 Å². The molecule has 1 aromatic heterocycles. The molecule has 2 aromatic rings. The Balaban J connectivity index is 2.17. The molecular formula is C13H13FN2O2. The fourth-order valence-electron chi connectivity index (χ4n) is 1.62. The number of furan rings is 1. The molecule has 2 rings (SSSR count). The van der Waals surface area contributed by atoms with E-state index in [2.05, 4.69) is 0 Å². The van der Waals surface area contributed by atoms with E-state index < -0.39 is 11.7 Å². The largest absolute Gasteiger partial charge is 0.467 e. The topological polar surface area (TPSA) is 59.5 Å². The zero-order chi connectivity index (χ0) is 13.1. The second-order valence-corrected chi connectivity index (χ2v) is 3.98. The summed E-state index contributed by atoms with van der Waals surface area (Å²) in [7, 11) is 1.58. The molecule has 0 fully saturated rings. The van der Waals surface area contributed by atoms with Crippen molar-refractivity contribution in [3.8, 4) is 0 Å². The maximum absolute atomic E-state index is 13.5. The van der Waals surface area contributed by atoms with Gasteiger partial charge in [0.05, 0.1) is 18.4 Å². The lowest BCUT2D eigenvalue weighted by Gasteiger charge is -2.16. The van der Waals surface area contributed by atoms with E-state index in [-0.39, 0.29) is 12.1 Å². The Morgan fingerprint density at radius 3 is 2.89 bits per heavy atom. The van der Waals surface area contributed by atoms with E-state index in [9.17, 15) is 9.18 Å². The molecule has 0 spiro atoms. The van der Waals surface area contributed by atoms with E-state index in [0.717, 1.165) is 0 Å². The Bertz CT molecular complexity index is 552. The van der Waals surface area contributed by atoms with Gasteiger partial charge in [-0.25, -0.2) is 4.39 Å². The number of nitrogen functional groups attached to an aromatic ring is 1. The summed E-state index contributed by atoms with van der Waals surface area (Å²) in [5.41, 5.74) is 5.86. The van der Waals surface area contributed by atoms with Gasteiger partial charge in [-0.15, -0.1) is 0 Å². The molecule has 1 heterocycles. The molecule has 5 heteroatoms. The van der Waals surface area contributed by atoms with Crippen molar-refractivity contribution in [2.75, 3.05) is 12.8 Å². The normalized spacial score (nSPS) is 10.3. The molecule has 0 bridgehead atoms. The number of rotatable bonds is 3. The van der Waals surface area contributed by atoms with Crippen LogP contribution in [0.25, 0.3) is 0 Å². The molecule has 0 saturated heterocycles. The summed E-state index contributed by atoms with van der Waals surface area (Å²) in [6, 6.07) is 7.41. The lowest BCUT2D eigenvalue weighted by Crippen LogP contribution is -2.27. The van der Waals surface area contributed by atoms with Gasteiger partial charge in [0, 0.05) is 12.7 Å². The summed E-state index contributed by atoms with van der Waals surface area (Å²) < 4.78 is 18.7. The molecule has 0 aliphatic heterocycles. The second-order valence-electron chi connectivity index (χ2n) is 3.98. The fraction of sp³-hybridized carbons (Fsp3) is 0.154. The van der Waals surface area contributed by atoms with E-state index in [1.165, 1.54) is 29.4 Å². The van der Waals surface area contributed by atoms with Gasteiger partial charge in [0.25, 0.3) is 5.91 Å². The smallest absolute Gasteiger partial charge is 0.257 e. The lowest BCUT2D eigenvalue weighted by molar-refractivity contribution is 0.0771. The van der Waals surface area contributed by atoms with Crippen molar-refractivity contribution in [3.05, 3.63) is 53.7 Å². The van der Waals surface area contributed by atoms with Gasteiger partial charge in [0.2, 0.25) is 0 Å². The van der Waals surface area contributed by atoms with E-state index in [1.54, 1.807) is 19.2 Å². The first kappa shape index (κ1) is 12.2. The molecule has 1 amide bonds. The van der Waals surface area contributed by atoms with Crippen molar-refractivity contribution >= 4 is 11.6 Å². The quantitative estimate of drug-likeness (QED) is 0.848. The average Bonchev–Trinajstić information content (AvgIpc) is 2.84. The average molecular weight is 248 g/mol. The highest BCUT2D eigenvalue weighted by atomic mass is 19.1. The Kier molecular flexibility index (Phi) is 3.32. The number of nitrogens with two attached hydrogens (primary N) is 1. The third-order valence-electron chi connectivity index (χ3n) is 2.54. The monoisotopic (exact) mass is 248 g/mol. The number of anilines is 1. The van der Waals surface area contributed by atoms with Crippen molar-refractivity contribution in [3.63, 3.8) is 0 Å². The minimum atomic E-state index is -0.583. The summed E-state index contributed by atoms with van der Waals surface area (Å²) in [6.45, 7) is 0.278. The van der Waals surface area contributed by atoms with Crippen molar-refractivity contribution in [1.82, 2.24) is 4.90 Å². The van der Waals surface area contributed by atoms with Crippen LogP contribution in [0.1, 0.15) is 16.1 Å². The molecule has 18 heavy (non-hydrogen) atoms. The van der Waals surface area contributed by atoms with Crippen LogP contribution in [0.5, 0.6) is 0 Å². The molecule has 94 valence electrons. The summed E-state index contributed by atoms with van der Waals surface area (Å²) in [4.78, 5) is 13.4. The first-order valence-corrected chi connectivity index (χ1v) is 5.41. The number of benzene rings is 1. The molecular weight excluding hydrogens is 235 g/mol. The summed E-state index contributed by atoms with van der Waals surface area (Å²) in [6.07, 6.45) is 1.52. The van der Waals surface area contributed by atoms with Gasteiger partial charge in [0.1, 0.15) is 11.6 Å². The molecule has 4 nitrogen and oxygen atoms in total. The van der Waals surface area contributed by atoms with Crippen LogP contribution in [0.15, 0.2) is 41.0 Å². The van der Waals surface area contributed by atoms with Crippen LogP contribution in [0, 0.1) is 5.82 Å². The fourth-order valence-corrected chi connectivity index (χ4v) is 1.62. The van der Waals surface area contributed by atoms with Crippen LogP contribution in [0.4, 0.5) is 10.1 Å². The maximum Gasteiger partial charge on any atom is 0.257 e. The van der Waals surface area contributed by atoms with Crippen LogP contribution in [-0.4, -0.2) is 17.9 Å². The number of hydrogen-bond donors (Lipinski definition) is 1. The molecule has 2 N–H and O–H groups in total. The van der Waals surface area contributed by atoms with Gasteiger partial charge in [-0.1, -0.05) is 0 Å². The molecule has 1 aromatic carbocycles. The standard InChI is InChI=1S/C13H13FN2O2/c1-16(8-10-3-2-6-18-10)13(17)11-7-9(15)4-5-12(11)14/h2-7H,8,15H2,1H3. The Labute approximate surface area is 104 Å². The van der Waals surface area contributed by atoms with Gasteiger partial charge in [-0.3, -0.25) is 4.79 Å². The van der Waals surface area contributed by atoms with E-state index in [4.69, 9.17) is 10.2 Å². The summed E-state index contributed by atoms with van der Waals surface area (Å²) in [5.74, 6) is -0.383. The zero-order valence-corrected chi connectivity index (χ0v) is 9.89. The van der Waals surface area contributed by atoms with E-state index in [1.807, 2.05) is 0 Å². The Morgan fingerprint density at radius 2 is 2.22 bits per heavy atom. The first-order chi connectivity index (χ1) is 8.58. The van der Waals surface area contributed by atoms with Gasteiger partial charge >= 0.3 is 0 Å². The van der Waals surface area contributed by atoms with Gasteiger partial charge in [-0.05, 0) is 30.3 Å². The van der Waals surface area contributed by atoms with Crippen LogP contribution >= 0.6 is 0 Å². The Hall–Kier alpha value is -2.30. The SMILES string of the molecule is CN(Cc1ccco1)C(=O)c1cc(N)ccc1F. The van der Waals surface area contributed by atoms with Crippen LogP contribution in [0.3, 0.4) is 0 Å². The third-order valence-corrected chi connectivity index (χ3v) is 2.54. The third kappa shape index (κ3) is 2.51. The van der Waals surface area contributed by atoms with Gasteiger partial charge in [-0.2, -0.15) is 0 Å². The van der Waals surface area contributed by atoms with E-state index >= 15 is 0 Å². The Morgan fingerprint density at radius 1 is 1.44 bits per heavy atom. The summed E-state index contributed by atoms with van der Waals surface area (Å²) in [5, 5.41) is 0. The number of carbonyl (C=O) groups excluding carboxylic acids is 1. The maximum atomic E-state index is 13.5. The number of halogens is 1. The first-order valence-electron chi connectivity index (χ1n) is 5.41. The van der Waals surface area contributed by atoms with Crippen LogP contribution < -0.4 is 5.73 Å². The molecule has 0 aliphatic rings. The molecule has 0 saturated carbocycles. The number of amides is 1. The molecule has 0 aliphatic carbocycles. The second kappa shape index (κ2) is 4.91. The minimum Gasteiger partial charge on any atom is -0.467 e. The van der Waals surface area contributed by atoms with Crippen molar-refractivity contribution < 1.29 is 13.6 Å². The number of hydrogen-bond acceptors (Lipinski definition) is 3. The lowest BCUT2D eigenvalue weighted by atomic mass is 10.1. The molecule has 0 radical (unpaired) electrons. The van der Waals surface area contributed by atoms with Gasteiger partial charge in [0.15, 0.2) is 0 Å². The highest BCUT2D eigenvalue weighted by molar-refractivity contribution is 5.95. The predicted octanol–water partition coefficient (Wildman–Crippen LogP) is 2.27. The van der Waals surface area contributed by atoms with Crippen molar-refractivity contribution in [2.24, 2.45) is 0 Å². The van der Waals surface area contributed by atoms with Gasteiger partial charge < -0.3 is 15.1 Å². The van der Waals surface area contributed by atoms with Crippen LogP contribution in [0.2, 0.25) is 0 Å². The number of carbonyl (C=O) groups is 1. The van der Waals surface area contributed by atoms with Crippen molar-refractivity contribution in [2.45, 2.75) is 6.54 Å².